The molecule has 8 aromatic carbocycles. The third-order valence-corrected chi connectivity index (χ3v) is 10.9. The van der Waals surface area contributed by atoms with E-state index in [1.807, 2.05) is 0 Å². The second-order valence-corrected chi connectivity index (χ2v) is 15.0. The van der Waals surface area contributed by atoms with Crippen LogP contribution in [-0.2, 0) is 6.42 Å². The molecule has 0 saturated carbocycles. The van der Waals surface area contributed by atoms with Crippen molar-refractivity contribution in [3.8, 4) is 33.4 Å². The number of anilines is 6. The highest BCUT2D eigenvalue weighted by molar-refractivity contribution is 5.91. The fraction of sp³-hybridized carbons (Fsp3) is 0.0943. The summed E-state index contributed by atoms with van der Waals surface area (Å²) in [5.41, 5.74) is 22.1. The van der Waals surface area contributed by atoms with Crippen LogP contribution in [-0.4, -0.2) is 0 Å². The van der Waals surface area contributed by atoms with Gasteiger partial charge in [0.15, 0.2) is 0 Å². The highest BCUT2D eigenvalue weighted by atomic mass is 15.1. The van der Waals surface area contributed by atoms with Gasteiger partial charge in [0, 0.05) is 34.1 Å². The maximum Gasteiger partial charge on any atom is 0.0467 e. The Bertz CT molecular complexity index is 2540. The van der Waals surface area contributed by atoms with Crippen LogP contribution in [0.25, 0.3) is 33.4 Å². The summed E-state index contributed by atoms with van der Waals surface area (Å²) in [6, 6.07) is 67.2. The van der Waals surface area contributed by atoms with Gasteiger partial charge in [-0.1, -0.05) is 119 Å². The fourth-order valence-electron chi connectivity index (χ4n) is 7.96. The lowest BCUT2D eigenvalue weighted by atomic mass is 9.90. The van der Waals surface area contributed by atoms with Crippen molar-refractivity contribution in [1.82, 2.24) is 0 Å². The van der Waals surface area contributed by atoms with Crippen molar-refractivity contribution in [2.75, 3.05) is 9.80 Å². The minimum absolute atomic E-state index is 0.916. The first-order valence-electron chi connectivity index (χ1n) is 19.2. The molecule has 0 saturated heterocycles. The van der Waals surface area contributed by atoms with Crippen molar-refractivity contribution >= 4 is 34.1 Å². The summed E-state index contributed by atoms with van der Waals surface area (Å²) in [5.74, 6) is 0. The Hall–Kier alpha value is -6.64. The largest absolute Gasteiger partial charge is 0.310 e. The number of hydrogen-bond acceptors (Lipinski definition) is 2. The Morgan fingerprint density at radius 2 is 0.727 bits per heavy atom. The van der Waals surface area contributed by atoms with E-state index in [4.69, 9.17) is 0 Å². The Morgan fingerprint density at radius 1 is 0.309 bits per heavy atom. The predicted octanol–water partition coefficient (Wildman–Crippen LogP) is 14.8. The summed E-state index contributed by atoms with van der Waals surface area (Å²) in [6.45, 7) is 8.57. The van der Waals surface area contributed by atoms with Gasteiger partial charge in [0.2, 0.25) is 0 Å². The van der Waals surface area contributed by atoms with Crippen molar-refractivity contribution in [1.29, 1.82) is 0 Å². The zero-order valence-corrected chi connectivity index (χ0v) is 31.9. The number of fused-ring (bicyclic) bond motifs is 3. The molecule has 0 bridgehead atoms. The van der Waals surface area contributed by atoms with Crippen molar-refractivity contribution in [3.05, 3.63) is 215 Å². The number of aryl methyl sites for hydroxylation is 4. The molecule has 8 aromatic rings. The molecule has 0 aliphatic heterocycles. The number of nitrogens with zero attached hydrogens (tertiary/aromatic N) is 2. The molecule has 9 rings (SSSR count). The topological polar surface area (TPSA) is 6.48 Å². The molecule has 0 unspecified atom stereocenters. The fourth-order valence-corrected chi connectivity index (χ4v) is 7.96. The number of rotatable bonds is 8. The Kier molecular flexibility index (Phi) is 8.88. The van der Waals surface area contributed by atoms with Crippen LogP contribution in [0.15, 0.2) is 182 Å². The first-order chi connectivity index (χ1) is 26.9. The molecule has 2 heteroatoms. The summed E-state index contributed by atoms with van der Waals surface area (Å²) in [7, 11) is 0. The standard InChI is InChI=1S/C53H44N2/c1-36-15-23-44(24-16-36)54(45-25-17-37(2)18-26-45)48-12-7-10-40(31-48)43-34-51(53-33-42-9-5-6-14-50(42)52(53)35-43)41-11-8-13-49(32-41)55(46-27-19-38(3)20-28-46)47-29-21-39(4)22-30-47/h5-32,34-35H,33H2,1-4H3. The van der Waals surface area contributed by atoms with Gasteiger partial charge in [-0.3, -0.25) is 0 Å². The number of benzene rings is 8. The van der Waals surface area contributed by atoms with Gasteiger partial charge in [-0.15, -0.1) is 0 Å². The summed E-state index contributed by atoms with van der Waals surface area (Å²) >= 11 is 0. The van der Waals surface area contributed by atoms with E-state index >= 15 is 0 Å². The molecular weight excluding hydrogens is 665 g/mol. The molecule has 266 valence electrons. The van der Waals surface area contributed by atoms with Crippen molar-refractivity contribution in [3.63, 3.8) is 0 Å². The van der Waals surface area contributed by atoms with Crippen LogP contribution in [0, 0.1) is 27.7 Å². The predicted molar refractivity (Wildman–Crippen MR) is 234 cm³/mol. The van der Waals surface area contributed by atoms with Crippen LogP contribution in [0.2, 0.25) is 0 Å². The Balaban J connectivity index is 1.19. The molecule has 2 nitrogen and oxygen atoms in total. The molecule has 0 N–H and O–H groups in total. The average Bonchev–Trinajstić information content (AvgIpc) is 3.60. The van der Waals surface area contributed by atoms with E-state index in [-0.39, 0.29) is 0 Å². The smallest absolute Gasteiger partial charge is 0.0467 e. The van der Waals surface area contributed by atoms with Gasteiger partial charge < -0.3 is 9.80 Å². The van der Waals surface area contributed by atoms with E-state index in [2.05, 4.69) is 219 Å². The molecule has 0 heterocycles. The van der Waals surface area contributed by atoms with E-state index in [1.54, 1.807) is 0 Å². The molecule has 0 amide bonds. The van der Waals surface area contributed by atoms with Gasteiger partial charge in [-0.2, -0.15) is 0 Å². The lowest BCUT2D eigenvalue weighted by Gasteiger charge is -2.27. The van der Waals surface area contributed by atoms with E-state index in [0.29, 0.717) is 0 Å². The van der Waals surface area contributed by atoms with Crippen LogP contribution in [0.5, 0.6) is 0 Å². The molecule has 1 aliphatic carbocycles. The van der Waals surface area contributed by atoms with Gasteiger partial charge in [-0.05, 0) is 164 Å². The zero-order valence-electron chi connectivity index (χ0n) is 31.9. The molecule has 0 radical (unpaired) electrons. The van der Waals surface area contributed by atoms with Gasteiger partial charge in [0.1, 0.15) is 0 Å². The van der Waals surface area contributed by atoms with Gasteiger partial charge in [-0.25, -0.2) is 0 Å². The average molecular weight is 709 g/mol. The first-order valence-corrected chi connectivity index (χ1v) is 19.2. The minimum Gasteiger partial charge on any atom is -0.310 e. The van der Waals surface area contributed by atoms with Crippen LogP contribution < -0.4 is 9.80 Å². The molecule has 55 heavy (non-hydrogen) atoms. The zero-order chi connectivity index (χ0) is 37.5. The molecule has 1 aliphatic rings. The van der Waals surface area contributed by atoms with Gasteiger partial charge >= 0.3 is 0 Å². The molecular formula is C53H44N2. The van der Waals surface area contributed by atoms with E-state index in [1.165, 1.54) is 66.8 Å². The van der Waals surface area contributed by atoms with E-state index in [0.717, 1.165) is 40.5 Å². The first kappa shape index (κ1) is 34.1. The SMILES string of the molecule is Cc1ccc(N(c2ccc(C)cc2)c2cccc(-c3cc(-c4cccc(N(c5ccc(C)cc5)c5ccc(C)cc5)c4)c4c(c3)-c3ccccc3C4)c2)cc1. The Labute approximate surface area is 325 Å². The van der Waals surface area contributed by atoms with E-state index in [9.17, 15) is 0 Å². The van der Waals surface area contributed by atoms with Gasteiger partial charge in [0.05, 0.1) is 0 Å². The highest BCUT2D eigenvalue weighted by Gasteiger charge is 2.24. The van der Waals surface area contributed by atoms with Crippen LogP contribution in [0.4, 0.5) is 34.1 Å². The van der Waals surface area contributed by atoms with Crippen molar-refractivity contribution in [2.45, 2.75) is 34.1 Å². The highest BCUT2D eigenvalue weighted by Crippen LogP contribution is 2.46. The quantitative estimate of drug-likeness (QED) is 0.155. The monoisotopic (exact) mass is 708 g/mol. The molecule has 0 aromatic heterocycles. The summed E-state index contributed by atoms with van der Waals surface area (Å²) in [6.07, 6.45) is 0.916. The Morgan fingerprint density at radius 3 is 1.22 bits per heavy atom. The molecule has 0 fully saturated rings. The minimum atomic E-state index is 0.916. The van der Waals surface area contributed by atoms with Crippen molar-refractivity contribution in [2.24, 2.45) is 0 Å². The summed E-state index contributed by atoms with van der Waals surface area (Å²) < 4.78 is 0. The summed E-state index contributed by atoms with van der Waals surface area (Å²) in [5, 5.41) is 0. The maximum absolute atomic E-state index is 2.42. The van der Waals surface area contributed by atoms with Crippen LogP contribution in [0.3, 0.4) is 0 Å². The third-order valence-electron chi connectivity index (χ3n) is 10.9. The lowest BCUT2D eigenvalue weighted by molar-refractivity contribution is 1.25. The van der Waals surface area contributed by atoms with E-state index < -0.39 is 0 Å². The lowest BCUT2D eigenvalue weighted by Crippen LogP contribution is -2.10. The molecule has 0 atom stereocenters. The second kappa shape index (κ2) is 14.3. The third kappa shape index (κ3) is 6.73. The van der Waals surface area contributed by atoms with Crippen LogP contribution in [0.1, 0.15) is 33.4 Å². The van der Waals surface area contributed by atoms with Crippen LogP contribution >= 0.6 is 0 Å². The second-order valence-electron chi connectivity index (χ2n) is 15.0. The van der Waals surface area contributed by atoms with Gasteiger partial charge in [0.25, 0.3) is 0 Å². The maximum atomic E-state index is 2.42. The summed E-state index contributed by atoms with van der Waals surface area (Å²) in [4.78, 5) is 4.73. The van der Waals surface area contributed by atoms with Crippen molar-refractivity contribution < 1.29 is 0 Å². The molecule has 0 spiro atoms. The normalized spacial score (nSPS) is 11.6. The number of hydrogen-bond donors (Lipinski definition) is 0.